The first kappa shape index (κ1) is 18.7. The van der Waals surface area contributed by atoms with E-state index in [2.05, 4.69) is 5.32 Å². The topological polar surface area (TPSA) is 95.3 Å². The van der Waals surface area contributed by atoms with Crippen LogP contribution in [0.25, 0.3) is 0 Å². The van der Waals surface area contributed by atoms with Gasteiger partial charge in [-0.15, -0.1) is 13.2 Å². The molecule has 0 bridgehead atoms. The van der Waals surface area contributed by atoms with Crippen LogP contribution in [0.4, 0.5) is 24.5 Å². The molecule has 0 aliphatic carbocycles. The van der Waals surface area contributed by atoms with Gasteiger partial charge in [0.05, 0.1) is 16.1 Å². The summed E-state index contributed by atoms with van der Waals surface area (Å²) in [4.78, 5) is 21.9. The van der Waals surface area contributed by atoms with E-state index in [0.29, 0.717) is 5.56 Å². The molecule has 2 aromatic carbocycles. The van der Waals surface area contributed by atoms with E-state index < -0.39 is 32.4 Å². The van der Waals surface area contributed by atoms with Gasteiger partial charge in [0, 0.05) is 28.9 Å². The maximum atomic E-state index is 12.5. The van der Waals surface area contributed by atoms with Crippen molar-refractivity contribution >= 4 is 28.5 Å². The van der Waals surface area contributed by atoms with E-state index in [1.54, 1.807) is 0 Å². The van der Waals surface area contributed by atoms with Crippen molar-refractivity contribution in [2.45, 2.75) is 17.3 Å². The van der Waals surface area contributed by atoms with E-state index in [1.807, 2.05) is 0 Å². The minimum absolute atomic E-state index is 0.115. The van der Waals surface area contributed by atoms with Crippen molar-refractivity contribution in [3.05, 3.63) is 63.7 Å². The fourth-order valence-corrected chi connectivity index (χ4v) is 2.68. The maximum absolute atomic E-state index is 12.5. The summed E-state index contributed by atoms with van der Waals surface area (Å²) < 4.78 is 48.9. The summed E-state index contributed by atoms with van der Waals surface area (Å²) >= 11 is -3.26. The predicted octanol–water partition coefficient (Wildman–Crippen LogP) is 3.78. The molecule has 1 N–H and O–H groups in total. The maximum Gasteiger partial charge on any atom is 0.578 e. The average molecular weight is 372 g/mol. The van der Waals surface area contributed by atoms with Crippen LogP contribution in [0.1, 0.15) is 15.9 Å². The molecule has 0 saturated heterocycles. The molecule has 132 valence electrons. The van der Waals surface area contributed by atoms with Crippen LogP contribution in [0.2, 0.25) is 0 Å². The molecule has 2 aromatic rings. The molecule has 1 unspecified atom stereocenters. The molecular weight excluding hydrogens is 361 g/mol. The molecule has 1 amide bonds. The molecule has 0 aromatic heterocycles. The number of halogens is 3. The number of anilines is 1. The van der Waals surface area contributed by atoms with Crippen molar-refractivity contribution in [3.63, 3.8) is 0 Å². The highest BCUT2D eigenvalue weighted by Crippen LogP contribution is 2.30. The number of aryl methyl sites for hydroxylation is 1. The van der Waals surface area contributed by atoms with Gasteiger partial charge in [-0.25, -0.2) is 0 Å². The number of nitro groups is 1. The Morgan fingerprint density at radius 2 is 1.88 bits per heavy atom. The third-order valence-electron chi connectivity index (χ3n) is 3.18. The van der Waals surface area contributed by atoms with Gasteiger partial charge in [-0.05, 0) is 25.1 Å². The van der Waals surface area contributed by atoms with Crippen molar-refractivity contribution in [1.29, 1.82) is 0 Å². The van der Waals surface area contributed by atoms with E-state index in [0.717, 1.165) is 18.2 Å². The first-order valence-corrected chi connectivity index (χ1v) is 7.89. The first-order valence-electron chi connectivity index (χ1n) is 6.74. The number of alkyl halides is 3. The summed E-state index contributed by atoms with van der Waals surface area (Å²) in [6.45, 7) is 1.53. The molecule has 0 aliphatic heterocycles. The van der Waals surface area contributed by atoms with Gasteiger partial charge >= 0.3 is 5.51 Å². The van der Waals surface area contributed by atoms with E-state index in [-0.39, 0.29) is 16.9 Å². The summed E-state index contributed by atoms with van der Waals surface area (Å²) in [5.41, 5.74) is -4.79. The number of hydrogen-bond acceptors (Lipinski definition) is 4. The van der Waals surface area contributed by atoms with Crippen LogP contribution in [-0.2, 0) is 11.2 Å². The van der Waals surface area contributed by atoms with Crippen molar-refractivity contribution in [2.75, 3.05) is 5.32 Å². The van der Waals surface area contributed by atoms with Gasteiger partial charge in [0.25, 0.3) is 11.6 Å². The number of rotatable bonds is 4. The summed E-state index contributed by atoms with van der Waals surface area (Å²) in [6.07, 6.45) is 0. The van der Waals surface area contributed by atoms with Crippen molar-refractivity contribution in [1.82, 2.24) is 0 Å². The average Bonchev–Trinajstić information content (AvgIpc) is 2.54. The van der Waals surface area contributed by atoms with Gasteiger partial charge in [-0.1, -0.05) is 12.1 Å². The lowest BCUT2D eigenvalue weighted by Gasteiger charge is -2.13. The fourth-order valence-electron chi connectivity index (χ4n) is 1.97. The minimum atomic E-state index is -4.94. The van der Waals surface area contributed by atoms with Crippen LogP contribution >= 0.6 is 0 Å². The predicted molar refractivity (Wildman–Crippen MR) is 84.7 cm³/mol. The van der Waals surface area contributed by atoms with Gasteiger partial charge in [0.2, 0.25) is 0 Å². The second-order valence-electron chi connectivity index (χ2n) is 4.95. The molecule has 6 nitrogen and oxygen atoms in total. The Morgan fingerprint density at radius 3 is 2.48 bits per heavy atom. The van der Waals surface area contributed by atoms with Crippen molar-refractivity contribution < 1.29 is 27.4 Å². The summed E-state index contributed by atoms with van der Waals surface area (Å²) in [5.74, 6) is -0.779. The highest BCUT2D eigenvalue weighted by Gasteiger charge is 2.46. The molecule has 0 spiro atoms. The molecule has 25 heavy (non-hydrogen) atoms. The second-order valence-corrected chi connectivity index (χ2v) is 6.43. The Bertz CT molecular complexity index is 827. The molecular formula is C15H11F3N2O4S. The quantitative estimate of drug-likeness (QED) is 0.502. The van der Waals surface area contributed by atoms with Crippen LogP contribution in [-0.4, -0.2) is 20.9 Å². The normalized spacial score (nSPS) is 12.5. The molecule has 2 rings (SSSR count). The third-order valence-corrected chi connectivity index (χ3v) is 4.29. The molecule has 0 aliphatic rings. The molecule has 1 atom stereocenters. The number of benzene rings is 2. The lowest BCUT2D eigenvalue weighted by atomic mass is 10.1. The van der Waals surface area contributed by atoms with Crippen LogP contribution in [0.5, 0.6) is 0 Å². The summed E-state index contributed by atoms with van der Waals surface area (Å²) in [7, 11) is 0. The lowest BCUT2D eigenvalue weighted by Crippen LogP contribution is -2.23. The monoisotopic (exact) mass is 372 g/mol. The molecule has 0 fully saturated rings. The van der Waals surface area contributed by atoms with Gasteiger partial charge in [0.15, 0.2) is 4.90 Å². The van der Waals surface area contributed by atoms with Gasteiger partial charge in [-0.2, -0.15) is 0 Å². The Labute approximate surface area is 143 Å². The van der Waals surface area contributed by atoms with Crippen LogP contribution < -0.4 is 5.32 Å². The van der Waals surface area contributed by atoms with Gasteiger partial charge in [0.1, 0.15) is 0 Å². The van der Waals surface area contributed by atoms with Crippen LogP contribution in [0, 0.1) is 17.0 Å². The van der Waals surface area contributed by atoms with Gasteiger partial charge < -0.3 is 9.87 Å². The number of amides is 1. The molecule has 10 heteroatoms. The lowest BCUT2D eigenvalue weighted by molar-refractivity contribution is -0.385. The van der Waals surface area contributed by atoms with Crippen LogP contribution in [0.3, 0.4) is 0 Å². The summed E-state index contributed by atoms with van der Waals surface area (Å²) in [5, 5.41) is 13.3. The van der Waals surface area contributed by atoms with Gasteiger partial charge in [-0.3, -0.25) is 14.9 Å². The fraction of sp³-hybridized carbons (Fsp3) is 0.133. The molecule has 0 saturated carbocycles. The third kappa shape index (κ3) is 4.48. The number of carbonyl (C=O) groups is 1. The molecule has 0 radical (unpaired) electrons. The number of hydrogen-bond donors (Lipinski definition) is 1. The second kappa shape index (κ2) is 7.11. The van der Waals surface area contributed by atoms with E-state index in [4.69, 9.17) is 0 Å². The largest absolute Gasteiger partial charge is 0.604 e. The summed E-state index contributed by atoms with van der Waals surface area (Å²) in [6, 6.07) is 8.28. The number of nitrogens with one attached hydrogen (secondary N) is 1. The Kier molecular flexibility index (Phi) is 5.33. The Hall–Kier alpha value is -2.59. The highest BCUT2D eigenvalue weighted by molar-refractivity contribution is 7.92. The number of nitro benzene ring substituents is 1. The Balaban J connectivity index is 2.25. The van der Waals surface area contributed by atoms with Crippen molar-refractivity contribution in [2.24, 2.45) is 0 Å². The van der Waals surface area contributed by atoms with E-state index in [1.165, 1.54) is 31.2 Å². The zero-order chi connectivity index (χ0) is 18.8. The SMILES string of the molecule is Cc1ccc(NC(=O)c2cccc([S+]([O-])C(F)(F)F)c2)cc1[N+](=O)[O-]. The van der Waals surface area contributed by atoms with Crippen molar-refractivity contribution in [3.8, 4) is 0 Å². The number of nitrogens with zero attached hydrogens (tertiary/aromatic N) is 1. The van der Waals surface area contributed by atoms with Crippen LogP contribution in [0.15, 0.2) is 47.4 Å². The zero-order valence-electron chi connectivity index (χ0n) is 12.7. The zero-order valence-corrected chi connectivity index (χ0v) is 13.5. The standard InChI is InChI=1S/C15H11F3N2O4S/c1-9-5-6-11(8-13(9)20(22)23)19-14(21)10-3-2-4-12(7-10)25(24)15(16,17)18/h2-8H,1H3,(H,19,21). The minimum Gasteiger partial charge on any atom is -0.604 e. The van der Waals surface area contributed by atoms with E-state index >= 15 is 0 Å². The smallest absolute Gasteiger partial charge is 0.578 e. The first-order chi connectivity index (χ1) is 11.6. The Morgan fingerprint density at radius 1 is 1.20 bits per heavy atom. The van der Waals surface area contributed by atoms with E-state index in [9.17, 15) is 32.6 Å². The number of carbonyl (C=O) groups excluding carboxylic acids is 1. The highest BCUT2D eigenvalue weighted by atomic mass is 32.2. The molecule has 0 heterocycles.